The zero-order valence-corrected chi connectivity index (χ0v) is 14.6. The van der Waals surface area contributed by atoms with Gasteiger partial charge in [0.05, 0.1) is 5.92 Å². The molecule has 0 aliphatic carbocycles. The minimum atomic E-state index is 0.387. The molecule has 3 nitrogen and oxygen atoms in total. The number of hydrogen-bond donors (Lipinski definition) is 0. The van der Waals surface area contributed by atoms with Crippen LogP contribution in [0.2, 0.25) is 0 Å². The molecule has 1 amide bonds. The highest BCUT2D eigenvalue weighted by Crippen LogP contribution is 2.29. The third-order valence-corrected chi connectivity index (χ3v) is 5.20. The van der Waals surface area contributed by atoms with Crippen molar-refractivity contribution in [1.82, 2.24) is 4.90 Å². The summed E-state index contributed by atoms with van der Waals surface area (Å²) in [5.74, 6) is 1.70. The number of amides is 1. The van der Waals surface area contributed by atoms with E-state index in [4.69, 9.17) is 0 Å². The van der Waals surface area contributed by atoms with Gasteiger partial charge >= 0.3 is 0 Å². The Hall–Kier alpha value is -1.12. The highest BCUT2D eigenvalue weighted by molar-refractivity contribution is 5.78. The van der Waals surface area contributed by atoms with Crippen molar-refractivity contribution in [2.24, 2.45) is 11.8 Å². The molecule has 3 atom stereocenters. The van der Waals surface area contributed by atoms with Crippen molar-refractivity contribution >= 4 is 12.1 Å². The zero-order chi connectivity index (χ0) is 15.9. The molecule has 0 aromatic carbocycles. The molecule has 0 bridgehead atoms. The first-order valence-electron chi connectivity index (χ1n) is 9.20. The van der Waals surface area contributed by atoms with Gasteiger partial charge in [0.1, 0.15) is 7.05 Å². The topological polar surface area (TPSA) is 23.3 Å². The maximum absolute atomic E-state index is 12.1. The van der Waals surface area contributed by atoms with Crippen LogP contribution < -0.4 is 0 Å². The molecule has 1 fully saturated rings. The number of carbonyl (C=O) groups is 1. The molecule has 1 saturated heterocycles. The Labute approximate surface area is 136 Å². The van der Waals surface area contributed by atoms with Gasteiger partial charge in [0.2, 0.25) is 5.91 Å². The van der Waals surface area contributed by atoms with Gasteiger partial charge in [-0.3, -0.25) is 4.79 Å². The van der Waals surface area contributed by atoms with Gasteiger partial charge < -0.3 is 4.90 Å². The molecule has 2 heterocycles. The summed E-state index contributed by atoms with van der Waals surface area (Å²) in [6.45, 7) is 5.50. The highest BCUT2D eigenvalue weighted by Gasteiger charge is 2.29. The normalized spacial score (nSPS) is 24.0. The lowest BCUT2D eigenvalue weighted by atomic mass is 9.84. The third kappa shape index (κ3) is 4.44. The van der Waals surface area contributed by atoms with Crippen LogP contribution in [0.5, 0.6) is 0 Å². The molecule has 3 heteroatoms. The molecule has 0 saturated carbocycles. The van der Waals surface area contributed by atoms with Crippen molar-refractivity contribution in [2.45, 2.75) is 71.3 Å². The minimum Gasteiger partial charge on any atom is -0.340 e. The van der Waals surface area contributed by atoms with E-state index >= 15 is 0 Å². The van der Waals surface area contributed by atoms with Crippen LogP contribution >= 0.6 is 0 Å². The van der Waals surface area contributed by atoms with E-state index in [0.29, 0.717) is 17.9 Å². The largest absolute Gasteiger partial charge is 0.340 e. The van der Waals surface area contributed by atoms with Gasteiger partial charge in [-0.05, 0) is 44.1 Å². The molecule has 2 rings (SSSR count). The molecular weight excluding hydrogens is 272 g/mol. The van der Waals surface area contributed by atoms with Gasteiger partial charge in [-0.1, -0.05) is 26.7 Å². The van der Waals surface area contributed by atoms with Crippen LogP contribution in [0, 0.1) is 11.8 Å². The Kier molecular flexibility index (Phi) is 6.66. The van der Waals surface area contributed by atoms with E-state index in [1.165, 1.54) is 32.1 Å². The molecule has 0 spiro atoms. The second-order valence-electron chi connectivity index (χ2n) is 6.99. The minimum absolute atomic E-state index is 0.387. The maximum Gasteiger partial charge on any atom is 0.222 e. The summed E-state index contributed by atoms with van der Waals surface area (Å²) in [4.78, 5) is 14.2. The number of likely N-dealkylation sites (tertiary alicyclic amines) is 1. The molecule has 3 unspecified atom stereocenters. The Morgan fingerprint density at radius 2 is 2.00 bits per heavy atom. The average Bonchev–Trinajstić information content (AvgIpc) is 3.11. The molecule has 124 valence electrons. The first-order chi connectivity index (χ1) is 10.7. The van der Waals surface area contributed by atoms with Crippen molar-refractivity contribution in [3.8, 4) is 0 Å². The smallest absolute Gasteiger partial charge is 0.222 e. The van der Waals surface area contributed by atoms with E-state index < -0.39 is 0 Å². The molecule has 0 aromatic heterocycles. The lowest BCUT2D eigenvalue weighted by Gasteiger charge is -2.29. The fraction of sp³-hybridized carbons (Fsp3) is 0.789. The summed E-state index contributed by atoms with van der Waals surface area (Å²) in [7, 11) is 2.11. The Bertz CT molecular complexity index is 427. The Morgan fingerprint density at radius 3 is 2.55 bits per heavy atom. The van der Waals surface area contributed by atoms with Crippen LogP contribution in [-0.4, -0.2) is 41.2 Å². The van der Waals surface area contributed by atoms with Crippen molar-refractivity contribution in [1.29, 1.82) is 0 Å². The van der Waals surface area contributed by atoms with E-state index in [1.807, 2.05) is 0 Å². The van der Waals surface area contributed by atoms with Crippen molar-refractivity contribution in [2.75, 3.05) is 13.6 Å². The number of nitrogens with zero attached hydrogens (tertiary/aromatic N) is 2. The fourth-order valence-corrected chi connectivity index (χ4v) is 4.04. The van der Waals surface area contributed by atoms with E-state index in [-0.39, 0.29) is 0 Å². The molecule has 2 aliphatic heterocycles. The molecular formula is C19H33N2O+. The number of hydrogen-bond acceptors (Lipinski definition) is 1. The van der Waals surface area contributed by atoms with E-state index in [1.54, 1.807) is 0 Å². The van der Waals surface area contributed by atoms with Gasteiger partial charge in [-0.2, -0.15) is 0 Å². The third-order valence-electron chi connectivity index (χ3n) is 5.20. The SMILES string of the molecule is CCCC(CCC(CCC)N1CCCC1=O)C1C=C[N+](C)=C1. The standard InChI is InChI=1S/C19H33N2O/c1-4-7-16(17-12-14-20(3)15-17)10-11-18(8-5-2)21-13-6-9-19(21)22/h12,14-18H,4-11,13H2,1-3H3/q+1. The summed E-state index contributed by atoms with van der Waals surface area (Å²) in [5, 5.41) is 0. The average molecular weight is 305 g/mol. The Balaban J connectivity index is 1.93. The molecule has 22 heavy (non-hydrogen) atoms. The van der Waals surface area contributed by atoms with Gasteiger partial charge in [0.25, 0.3) is 0 Å². The van der Waals surface area contributed by atoms with Crippen molar-refractivity contribution in [3.05, 3.63) is 12.3 Å². The number of rotatable bonds is 9. The van der Waals surface area contributed by atoms with E-state index in [9.17, 15) is 4.79 Å². The second kappa shape index (κ2) is 8.50. The summed E-state index contributed by atoms with van der Waals surface area (Å²) in [6, 6.07) is 0.475. The summed E-state index contributed by atoms with van der Waals surface area (Å²) in [6.07, 6.45) is 16.0. The fourth-order valence-electron chi connectivity index (χ4n) is 4.04. The second-order valence-corrected chi connectivity index (χ2v) is 6.99. The van der Waals surface area contributed by atoms with Crippen LogP contribution in [-0.2, 0) is 4.79 Å². The van der Waals surface area contributed by atoms with E-state index in [0.717, 1.165) is 31.7 Å². The van der Waals surface area contributed by atoms with Crippen LogP contribution in [0.4, 0.5) is 0 Å². The van der Waals surface area contributed by atoms with Crippen LogP contribution in [0.1, 0.15) is 65.2 Å². The number of carbonyl (C=O) groups excluding carboxylic acids is 1. The molecule has 0 N–H and O–H groups in total. The van der Waals surface area contributed by atoms with Crippen molar-refractivity contribution in [3.63, 3.8) is 0 Å². The highest BCUT2D eigenvalue weighted by atomic mass is 16.2. The summed E-state index contributed by atoms with van der Waals surface area (Å²) >= 11 is 0. The Morgan fingerprint density at radius 1 is 1.23 bits per heavy atom. The molecule has 0 radical (unpaired) electrons. The van der Waals surface area contributed by atoms with Crippen molar-refractivity contribution < 1.29 is 9.37 Å². The van der Waals surface area contributed by atoms with Crippen LogP contribution in [0.3, 0.4) is 0 Å². The summed E-state index contributed by atoms with van der Waals surface area (Å²) < 4.78 is 2.18. The van der Waals surface area contributed by atoms with Gasteiger partial charge in [0, 0.05) is 19.0 Å². The maximum atomic E-state index is 12.1. The summed E-state index contributed by atoms with van der Waals surface area (Å²) in [5.41, 5.74) is 0. The quantitative estimate of drug-likeness (QED) is 0.594. The first-order valence-corrected chi connectivity index (χ1v) is 9.20. The molecule has 0 aromatic rings. The zero-order valence-electron chi connectivity index (χ0n) is 14.6. The number of allylic oxidation sites excluding steroid dienone is 1. The van der Waals surface area contributed by atoms with Gasteiger partial charge in [-0.25, -0.2) is 4.58 Å². The monoisotopic (exact) mass is 305 g/mol. The van der Waals surface area contributed by atoms with E-state index in [2.05, 4.69) is 48.9 Å². The van der Waals surface area contributed by atoms with Gasteiger partial charge in [0.15, 0.2) is 12.4 Å². The van der Waals surface area contributed by atoms with Crippen LogP contribution in [0.15, 0.2) is 12.3 Å². The van der Waals surface area contributed by atoms with Crippen LogP contribution in [0.25, 0.3) is 0 Å². The lowest BCUT2D eigenvalue weighted by Crippen LogP contribution is -2.36. The molecule has 2 aliphatic rings. The van der Waals surface area contributed by atoms with Gasteiger partial charge in [-0.15, -0.1) is 0 Å². The predicted octanol–water partition coefficient (Wildman–Crippen LogP) is 3.83. The lowest BCUT2D eigenvalue weighted by molar-refractivity contribution is -0.414. The first kappa shape index (κ1) is 17.2. The predicted molar refractivity (Wildman–Crippen MR) is 92.2 cm³/mol.